The molecule has 3 aromatic rings. The fraction of sp³-hybridized carbons (Fsp3) is 0.188. The van der Waals surface area contributed by atoms with Crippen molar-refractivity contribution in [2.24, 2.45) is 0 Å². The first-order chi connectivity index (χ1) is 11.5. The Bertz CT molecular complexity index is 890. The fourth-order valence-corrected chi connectivity index (χ4v) is 2.35. The highest BCUT2D eigenvalue weighted by atomic mass is 31.0. The molecule has 0 aliphatic rings. The number of aromatic nitrogens is 3. The quantitative estimate of drug-likeness (QED) is 0.664. The van der Waals surface area contributed by atoms with Crippen molar-refractivity contribution in [2.45, 2.75) is 19.6 Å². The molecule has 124 valence electrons. The van der Waals surface area contributed by atoms with Gasteiger partial charge >= 0.3 is 0 Å². The van der Waals surface area contributed by atoms with Crippen molar-refractivity contribution in [3.8, 4) is 17.0 Å². The van der Waals surface area contributed by atoms with Gasteiger partial charge in [-0.2, -0.15) is 9.49 Å². The maximum atomic E-state index is 12.8. The summed E-state index contributed by atoms with van der Waals surface area (Å²) < 4.78 is 24.1. The molecule has 2 atom stereocenters. The van der Waals surface area contributed by atoms with Crippen LogP contribution < -0.4 is 10.3 Å². The molecule has 0 radical (unpaired) electrons. The lowest BCUT2D eigenvalue weighted by atomic mass is 10.1. The lowest BCUT2D eigenvalue weighted by Crippen LogP contribution is -2.22. The molecule has 0 amide bonds. The Balaban J connectivity index is 1.86. The van der Waals surface area contributed by atoms with Gasteiger partial charge in [-0.15, -0.1) is 0 Å². The van der Waals surface area contributed by atoms with Gasteiger partial charge in [0.2, 0.25) is 6.10 Å². The van der Waals surface area contributed by atoms with E-state index in [1.807, 2.05) is 9.24 Å². The topological polar surface area (TPSA) is 70.2 Å². The van der Waals surface area contributed by atoms with E-state index in [9.17, 15) is 9.18 Å². The van der Waals surface area contributed by atoms with E-state index in [2.05, 4.69) is 10.3 Å². The predicted octanol–water partition coefficient (Wildman–Crippen LogP) is 2.76. The molecule has 3 rings (SSSR count). The highest BCUT2D eigenvalue weighted by molar-refractivity contribution is 7.16. The second-order valence-electron chi connectivity index (χ2n) is 5.14. The van der Waals surface area contributed by atoms with Crippen LogP contribution in [-0.2, 0) is 6.54 Å². The van der Waals surface area contributed by atoms with Gasteiger partial charge in [0.25, 0.3) is 5.56 Å². The number of benzene rings is 1. The lowest BCUT2D eigenvalue weighted by Gasteiger charge is -2.08. The van der Waals surface area contributed by atoms with Gasteiger partial charge in [0, 0.05) is 17.7 Å². The Morgan fingerprint density at radius 2 is 2.04 bits per heavy atom. The number of alkyl halides is 1. The summed E-state index contributed by atoms with van der Waals surface area (Å²) in [6, 6.07) is 11.6. The second-order valence-corrected chi connectivity index (χ2v) is 5.67. The van der Waals surface area contributed by atoms with Crippen LogP contribution in [0.5, 0.6) is 5.75 Å². The third kappa shape index (κ3) is 3.86. The summed E-state index contributed by atoms with van der Waals surface area (Å²) in [4.78, 5) is 12.0. The first-order valence-corrected chi connectivity index (χ1v) is 7.85. The van der Waals surface area contributed by atoms with Crippen molar-refractivity contribution in [3.05, 3.63) is 64.3 Å². The van der Waals surface area contributed by atoms with Crippen LogP contribution in [0.1, 0.15) is 11.5 Å². The fourth-order valence-electron chi connectivity index (χ4n) is 2.19. The summed E-state index contributed by atoms with van der Waals surface area (Å²) in [5.41, 5.74) is 1.89. The van der Waals surface area contributed by atoms with Crippen LogP contribution in [0.3, 0.4) is 0 Å². The van der Waals surface area contributed by atoms with Crippen molar-refractivity contribution in [3.63, 3.8) is 0 Å². The van der Waals surface area contributed by atoms with Crippen LogP contribution in [0.15, 0.2) is 51.8 Å². The summed E-state index contributed by atoms with van der Waals surface area (Å²) in [5.74, 6) is 0.962. The van der Waals surface area contributed by atoms with Crippen molar-refractivity contribution >= 4 is 9.24 Å². The number of hydrogen-bond donors (Lipinski definition) is 0. The molecule has 1 aromatic carbocycles. The van der Waals surface area contributed by atoms with E-state index in [1.54, 1.807) is 43.3 Å². The largest absolute Gasteiger partial charge is 0.457 e. The van der Waals surface area contributed by atoms with Gasteiger partial charge in [-0.3, -0.25) is 4.79 Å². The molecule has 0 aliphatic heterocycles. The molecular weight excluding hydrogens is 332 g/mol. The third-order valence-corrected chi connectivity index (χ3v) is 3.38. The lowest BCUT2D eigenvalue weighted by molar-refractivity contribution is 0.153. The molecule has 0 aliphatic carbocycles. The molecule has 24 heavy (non-hydrogen) atoms. The summed E-state index contributed by atoms with van der Waals surface area (Å²) in [5, 5.41) is 8.13. The number of halogens is 1. The molecule has 0 spiro atoms. The van der Waals surface area contributed by atoms with Gasteiger partial charge in [-0.05, 0) is 37.3 Å². The zero-order chi connectivity index (χ0) is 17.1. The molecule has 0 bridgehead atoms. The molecule has 2 unspecified atom stereocenters. The van der Waals surface area contributed by atoms with Crippen LogP contribution in [0.4, 0.5) is 4.39 Å². The van der Waals surface area contributed by atoms with Gasteiger partial charge in [-0.1, -0.05) is 14.4 Å². The van der Waals surface area contributed by atoms with Gasteiger partial charge < -0.3 is 9.26 Å². The molecule has 2 heterocycles. The first-order valence-electron chi connectivity index (χ1n) is 7.18. The van der Waals surface area contributed by atoms with E-state index in [0.717, 1.165) is 11.3 Å². The van der Waals surface area contributed by atoms with Gasteiger partial charge in [0.05, 0.1) is 11.4 Å². The minimum absolute atomic E-state index is 0.200. The Labute approximate surface area is 139 Å². The Morgan fingerprint density at radius 1 is 1.29 bits per heavy atom. The number of nitrogens with zero attached hydrogens (tertiary/aromatic N) is 3. The molecule has 0 fully saturated rings. The summed E-state index contributed by atoms with van der Waals surface area (Å²) in [7, 11) is 1.92. The van der Waals surface area contributed by atoms with Crippen molar-refractivity contribution in [2.75, 3.05) is 0 Å². The minimum atomic E-state index is -1.46. The minimum Gasteiger partial charge on any atom is -0.457 e. The van der Waals surface area contributed by atoms with E-state index in [0.29, 0.717) is 17.2 Å². The van der Waals surface area contributed by atoms with E-state index in [4.69, 9.17) is 9.26 Å². The zero-order valence-electron chi connectivity index (χ0n) is 12.8. The van der Waals surface area contributed by atoms with Crippen LogP contribution in [0, 0.1) is 6.92 Å². The maximum Gasteiger partial charge on any atom is 0.267 e. The Hall–Kier alpha value is -2.53. The Morgan fingerprint density at radius 3 is 2.67 bits per heavy atom. The number of rotatable bonds is 5. The first kappa shape index (κ1) is 16.3. The predicted molar refractivity (Wildman–Crippen MR) is 89.5 cm³/mol. The third-order valence-electron chi connectivity index (χ3n) is 3.25. The molecule has 8 heteroatoms. The summed E-state index contributed by atoms with van der Waals surface area (Å²) in [6.07, 6.45) is -1.46. The highest BCUT2D eigenvalue weighted by Crippen LogP contribution is 2.22. The average molecular weight is 347 g/mol. The monoisotopic (exact) mass is 347 g/mol. The van der Waals surface area contributed by atoms with Gasteiger partial charge in [0.15, 0.2) is 5.76 Å². The van der Waals surface area contributed by atoms with Gasteiger partial charge in [0.1, 0.15) is 12.3 Å². The van der Waals surface area contributed by atoms with Crippen molar-refractivity contribution in [1.82, 2.24) is 14.9 Å². The number of aryl methyl sites for hydroxylation is 1. The van der Waals surface area contributed by atoms with E-state index < -0.39 is 6.10 Å². The molecule has 0 saturated heterocycles. The number of ether oxygens (including phenoxy) is 1. The van der Waals surface area contributed by atoms with E-state index in [1.165, 1.54) is 10.7 Å². The van der Waals surface area contributed by atoms with Crippen molar-refractivity contribution in [1.29, 1.82) is 0 Å². The van der Waals surface area contributed by atoms with E-state index >= 15 is 0 Å². The number of hydrogen-bond acceptors (Lipinski definition) is 5. The zero-order valence-corrected chi connectivity index (χ0v) is 14.0. The molecule has 2 aromatic heterocycles. The SMILES string of the molecule is Cc1cc(Cn2nc(-c3ccc(OC(F)P)cc3)ccc2=O)on1. The maximum absolute atomic E-state index is 12.8. The van der Waals surface area contributed by atoms with Crippen LogP contribution in [-0.4, -0.2) is 21.0 Å². The molecular formula is C16H15FN3O3P. The summed E-state index contributed by atoms with van der Waals surface area (Å²) in [6.45, 7) is 2.01. The second kappa shape index (κ2) is 6.93. The van der Waals surface area contributed by atoms with E-state index in [-0.39, 0.29) is 12.1 Å². The van der Waals surface area contributed by atoms with Gasteiger partial charge in [-0.25, -0.2) is 4.68 Å². The standard InChI is InChI=1S/C16H15FN3O3P/c1-10-8-13(23-19-10)9-20-15(21)7-6-14(18-20)11-2-4-12(5-3-11)22-16(17)24/h2-8,16H,9,24H2,1H3. The van der Waals surface area contributed by atoms with Crippen molar-refractivity contribution < 1.29 is 13.7 Å². The smallest absolute Gasteiger partial charge is 0.267 e. The molecule has 0 saturated carbocycles. The van der Waals surface area contributed by atoms with Crippen LogP contribution in [0.2, 0.25) is 0 Å². The van der Waals surface area contributed by atoms with Crippen LogP contribution in [0.25, 0.3) is 11.3 Å². The van der Waals surface area contributed by atoms with Crippen LogP contribution >= 0.6 is 9.24 Å². The summed E-state index contributed by atoms with van der Waals surface area (Å²) >= 11 is 0. The molecule has 6 nitrogen and oxygen atoms in total. The average Bonchev–Trinajstić information content (AvgIpc) is 2.95. The molecule has 0 N–H and O–H groups in total. The normalized spacial score (nSPS) is 12.1. The highest BCUT2D eigenvalue weighted by Gasteiger charge is 2.08. The Kier molecular flexibility index (Phi) is 4.71.